The third-order valence-electron chi connectivity index (χ3n) is 7.10. The van der Waals surface area contributed by atoms with Crippen LogP contribution in [0.4, 0.5) is 0 Å². The molecule has 0 bridgehead atoms. The fraction of sp³-hybridized carbons (Fsp3) is 0.536. The number of allylic oxidation sites excluding steroid dienone is 2. The van der Waals surface area contributed by atoms with Crippen molar-refractivity contribution in [2.75, 3.05) is 6.61 Å². The summed E-state index contributed by atoms with van der Waals surface area (Å²) in [6, 6.07) is 0. The van der Waals surface area contributed by atoms with E-state index in [-0.39, 0.29) is 40.5 Å². The minimum Gasteiger partial charge on any atom is -0.504 e. The van der Waals surface area contributed by atoms with Crippen LogP contribution in [0.25, 0.3) is 0 Å². The molecule has 1 aromatic carbocycles. The summed E-state index contributed by atoms with van der Waals surface area (Å²) in [6.07, 6.45) is 1.87. The summed E-state index contributed by atoms with van der Waals surface area (Å²) in [4.78, 5) is 62.4. The molecule has 0 radical (unpaired) electrons. The van der Waals surface area contributed by atoms with E-state index in [4.69, 9.17) is 18.9 Å². The highest BCUT2D eigenvalue weighted by Gasteiger charge is 2.54. The van der Waals surface area contributed by atoms with Gasteiger partial charge < -0.3 is 24.1 Å². The molecule has 10 heteroatoms. The summed E-state index contributed by atoms with van der Waals surface area (Å²) in [6.45, 7) is 11.7. The number of Topliss-reactive ketones (excluding diaryl/α,β-unsaturated/α-hetero) is 1. The number of benzene rings is 1. The lowest BCUT2D eigenvalue weighted by Gasteiger charge is -2.49. The predicted molar refractivity (Wildman–Crippen MR) is 134 cm³/mol. The third-order valence-corrected chi connectivity index (χ3v) is 7.10. The lowest BCUT2D eigenvalue weighted by molar-refractivity contribution is -0.141. The zero-order chi connectivity index (χ0) is 28.7. The van der Waals surface area contributed by atoms with Gasteiger partial charge in [-0.3, -0.25) is 24.0 Å². The van der Waals surface area contributed by atoms with E-state index >= 15 is 0 Å². The minimum absolute atomic E-state index is 0.00918. The Morgan fingerprint density at radius 1 is 0.842 bits per heavy atom. The monoisotopic (exact) mass is 530 g/mol. The maximum atomic E-state index is 13.9. The number of hydrogen-bond acceptors (Lipinski definition) is 10. The number of rotatable bonds is 6. The number of fused-ring (bicyclic) bond motifs is 3. The van der Waals surface area contributed by atoms with Gasteiger partial charge in [-0.15, -0.1) is 0 Å². The fourth-order valence-corrected chi connectivity index (χ4v) is 5.90. The van der Waals surface area contributed by atoms with E-state index in [1.807, 2.05) is 20.8 Å². The molecule has 0 amide bonds. The van der Waals surface area contributed by atoms with Crippen molar-refractivity contribution in [3.05, 3.63) is 28.0 Å². The van der Waals surface area contributed by atoms with Crippen LogP contribution >= 0.6 is 0 Å². The Morgan fingerprint density at radius 2 is 1.37 bits per heavy atom. The quantitative estimate of drug-likeness (QED) is 0.409. The van der Waals surface area contributed by atoms with Crippen molar-refractivity contribution in [1.29, 1.82) is 0 Å². The first-order valence-corrected chi connectivity index (χ1v) is 12.4. The molecule has 3 rings (SSSR count). The van der Waals surface area contributed by atoms with Crippen molar-refractivity contribution in [3.63, 3.8) is 0 Å². The number of hydrogen-bond donors (Lipinski definition) is 1. The Hall–Kier alpha value is -3.69. The molecule has 10 nitrogen and oxygen atoms in total. The first kappa shape index (κ1) is 28.9. The molecule has 38 heavy (non-hydrogen) atoms. The maximum Gasteiger partial charge on any atom is 0.308 e. The zero-order valence-electron chi connectivity index (χ0n) is 23.0. The van der Waals surface area contributed by atoms with Gasteiger partial charge in [0.15, 0.2) is 17.3 Å². The summed E-state index contributed by atoms with van der Waals surface area (Å²) >= 11 is 0. The van der Waals surface area contributed by atoms with E-state index in [2.05, 4.69) is 0 Å². The molecular formula is C28H34O10. The van der Waals surface area contributed by atoms with Gasteiger partial charge >= 0.3 is 23.9 Å². The van der Waals surface area contributed by atoms with Gasteiger partial charge in [0.05, 0.1) is 12.2 Å². The number of aliphatic hydroxyl groups is 1. The van der Waals surface area contributed by atoms with Crippen LogP contribution in [-0.4, -0.2) is 41.4 Å². The third kappa shape index (κ3) is 5.04. The van der Waals surface area contributed by atoms with E-state index in [0.717, 1.165) is 20.8 Å². The highest BCUT2D eigenvalue weighted by atomic mass is 16.6. The lowest BCUT2D eigenvalue weighted by atomic mass is 9.54. The molecule has 0 aliphatic heterocycles. The van der Waals surface area contributed by atoms with Gasteiger partial charge in [-0.05, 0) is 23.8 Å². The lowest BCUT2D eigenvalue weighted by Crippen LogP contribution is -2.44. The number of ether oxygens (including phenoxy) is 4. The van der Waals surface area contributed by atoms with Crippen molar-refractivity contribution in [1.82, 2.24) is 0 Å². The zero-order valence-corrected chi connectivity index (χ0v) is 23.0. The molecule has 1 fully saturated rings. The molecule has 1 aromatic rings. The second-order valence-corrected chi connectivity index (χ2v) is 10.8. The molecule has 206 valence electrons. The molecule has 2 aliphatic carbocycles. The summed E-state index contributed by atoms with van der Waals surface area (Å²) in [7, 11) is 0. The predicted octanol–water partition coefficient (Wildman–Crippen LogP) is 4.61. The molecule has 0 saturated heterocycles. The highest BCUT2D eigenvalue weighted by Crippen LogP contribution is 2.62. The smallest absolute Gasteiger partial charge is 0.308 e. The van der Waals surface area contributed by atoms with Crippen LogP contribution in [0.5, 0.6) is 17.2 Å². The van der Waals surface area contributed by atoms with Crippen LogP contribution in [0.3, 0.4) is 0 Å². The second kappa shape index (κ2) is 10.2. The van der Waals surface area contributed by atoms with Crippen molar-refractivity contribution in [3.8, 4) is 17.2 Å². The summed E-state index contributed by atoms with van der Waals surface area (Å²) in [5.41, 5.74) is -1.14. The van der Waals surface area contributed by atoms with Crippen LogP contribution in [0.1, 0.15) is 102 Å². The van der Waals surface area contributed by atoms with E-state index in [0.29, 0.717) is 24.8 Å². The van der Waals surface area contributed by atoms with Crippen LogP contribution in [-0.2, 0) is 29.3 Å². The first-order chi connectivity index (χ1) is 17.5. The summed E-state index contributed by atoms with van der Waals surface area (Å²) in [5.74, 6) is -5.60. The Balaban J connectivity index is 2.58. The van der Waals surface area contributed by atoms with Gasteiger partial charge in [0, 0.05) is 50.2 Å². The Morgan fingerprint density at radius 3 is 1.89 bits per heavy atom. The molecule has 2 atom stereocenters. The summed E-state index contributed by atoms with van der Waals surface area (Å²) in [5, 5.41) is 11.3. The largest absolute Gasteiger partial charge is 0.504 e. The molecular weight excluding hydrogens is 496 g/mol. The van der Waals surface area contributed by atoms with E-state index < -0.39 is 52.2 Å². The van der Waals surface area contributed by atoms with Crippen LogP contribution in [0.2, 0.25) is 0 Å². The van der Waals surface area contributed by atoms with Crippen molar-refractivity contribution >= 4 is 29.7 Å². The summed E-state index contributed by atoms with van der Waals surface area (Å²) < 4.78 is 22.0. The normalized spacial score (nSPS) is 20.6. The molecule has 0 unspecified atom stereocenters. The first-order valence-electron chi connectivity index (χ1n) is 12.4. The standard InChI is InChI=1S/C28H34O10/c1-13(12-35-14(2)29)18-23(36-15(3)30)19-20(25(38-17(5)32)24(18)37-16(4)31)28(8)11-9-10-27(6,7)26(28)22(34)21(19)33/h13,34H,9-12H2,1-8H3/t13-,28-/m0/s1. The number of carbonyl (C=O) groups excluding carboxylic acids is 5. The van der Waals surface area contributed by atoms with Crippen molar-refractivity contribution < 1.29 is 48.0 Å². The van der Waals surface area contributed by atoms with Gasteiger partial charge in [0.1, 0.15) is 5.75 Å². The molecule has 0 heterocycles. The molecule has 0 spiro atoms. The van der Waals surface area contributed by atoms with Crippen LogP contribution < -0.4 is 14.2 Å². The number of ketones is 1. The van der Waals surface area contributed by atoms with E-state index in [9.17, 15) is 29.1 Å². The van der Waals surface area contributed by atoms with Gasteiger partial charge in [-0.2, -0.15) is 0 Å². The molecule has 0 aromatic heterocycles. The number of esters is 4. The molecule has 1 saturated carbocycles. The van der Waals surface area contributed by atoms with Gasteiger partial charge in [-0.1, -0.05) is 34.1 Å². The topological polar surface area (TPSA) is 142 Å². The fourth-order valence-electron chi connectivity index (χ4n) is 5.90. The van der Waals surface area contributed by atoms with Crippen LogP contribution in [0.15, 0.2) is 11.3 Å². The Kier molecular flexibility index (Phi) is 7.77. The second-order valence-electron chi connectivity index (χ2n) is 10.8. The van der Waals surface area contributed by atoms with Gasteiger partial charge in [-0.25, -0.2) is 0 Å². The van der Waals surface area contributed by atoms with Crippen LogP contribution in [0, 0.1) is 5.41 Å². The van der Waals surface area contributed by atoms with Crippen molar-refractivity contribution in [2.45, 2.75) is 86.0 Å². The number of aliphatic hydroxyl groups excluding tert-OH is 1. The maximum absolute atomic E-state index is 13.9. The number of carbonyl (C=O) groups is 5. The Bertz CT molecular complexity index is 1270. The van der Waals surface area contributed by atoms with Gasteiger partial charge in [0.25, 0.3) is 0 Å². The average Bonchev–Trinajstić information content (AvgIpc) is 2.75. The molecule has 1 N–H and O–H groups in total. The highest BCUT2D eigenvalue weighted by molar-refractivity contribution is 6.14. The Labute approximate surface area is 221 Å². The van der Waals surface area contributed by atoms with Crippen molar-refractivity contribution in [2.24, 2.45) is 5.41 Å². The average molecular weight is 531 g/mol. The SMILES string of the molecule is CC(=O)OC[C@H](C)c1c(OC(C)=O)c(OC(C)=O)c2c(c1OC(C)=O)C(=O)C(O)=C1C(C)(C)CCC[C@]12C. The molecule has 2 aliphatic rings. The van der Waals surface area contributed by atoms with Gasteiger partial charge in [0.2, 0.25) is 5.78 Å². The van der Waals surface area contributed by atoms with E-state index in [1.165, 1.54) is 6.92 Å². The minimum atomic E-state index is -1.04. The van der Waals surface area contributed by atoms with E-state index in [1.54, 1.807) is 6.92 Å².